The summed E-state index contributed by atoms with van der Waals surface area (Å²) >= 11 is 0. The second kappa shape index (κ2) is 4.82. The third-order valence-corrected chi connectivity index (χ3v) is 3.26. The van der Waals surface area contributed by atoms with Crippen molar-refractivity contribution in [2.24, 2.45) is 5.92 Å². The van der Waals surface area contributed by atoms with Gasteiger partial charge in [-0.05, 0) is 25.3 Å². The molecule has 1 N–H and O–H groups in total. The molecule has 0 aromatic carbocycles. The molecule has 0 aromatic heterocycles. The number of rotatable bonds is 2. The van der Waals surface area contributed by atoms with Crippen LogP contribution in [0.25, 0.3) is 0 Å². The van der Waals surface area contributed by atoms with Gasteiger partial charge in [-0.15, -0.1) is 0 Å². The molecule has 1 atom stereocenters. The molecule has 0 radical (unpaired) electrons. The lowest BCUT2D eigenvalue weighted by molar-refractivity contribution is -0.129. The van der Waals surface area contributed by atoms with Crippen molar-refractivity contribution in [3.8, 4) is 0 Å². The first-order valence-electron chi connectivity index (χ1n) is 5.97. The van der Waals surface area contributed by atoms with E-state index in [2.05, 4.69) is 17.1 Å². The van der Waals surface area contributed by atoms with Crippen molar-refractivity contribution < 1.29 is 9.59 Å². The van der Waals surface area contributed by atoms with Gasteiger partial charge in [-0.3, -0.25) is 14.6 Å². The van der Waals surface area contributed by atoms with Crippen molar-refractivity contribution >= 4 is 11.9 Å². The molecular formula is C11H19N3O2. The van der Waals surface area contributed by atoms with Gasteiger partial charge < -0.3 is 5.32 Å². The zero-order valence-electron chi connectivity index (χ0n) is 9.74. The molecule has 5 nitrogen and oxygen atoms in total. The van der Waals surface area contributed by atoms with E-state index in [0.29, 0.717) is 25.6 Å². The van der Waals surface area contributed by atoms with E-state index in [9.17, 15) is 9.59 Å². The van der Waals surface area contributed by atoms with Crippen LogP contribution in [0.3, 0.4) is 0 Å². The van der Waals surface area contributed by atoms with Crippen LogP contribution in [0.4, 0.5) is 4.79 Å². The van der Waals surface area contributed by atoms with Crippen molar-refractivity contribution in [2.45, 2.75) is 19.8 Å². The maximum atomic E-state index is 11.9. The molecule has 0 bridgehead atoms. The lowest BCUT2D eigenvalue weighted by Gasteiger charge is -2.30. The second-order valence-corrected chi connectivity index (χ2v) is 4.76. The van der Waals surface area contributed by atoms with Crippen LogP contribution in [0, 0.1) is 5.92 Å². The van der Waals surface area contributed by atoms with Crippen LogP contribution in [-0.2, 0) is 4.79 Å². The van der Waals surface area contributed by atoms with Gasteiger partial charge >= 0.3 is 6.03 Å². The number of imide groups is 1. The zero-order valence-corrected chi connectivity index (χ0v) is 9.74. The highest BCUT2D eigenvalue weighted by Gasteiger charge is 2.28. The number of nitrogens with zero attached hydrogens (tertiary/aromatic N) is 2. The van der Waals surface area contributed by atoms with Gasteiger partial charge in [-0.2, -0.15) is 0 Å². The number of carbonyl (C=O) groups excluding carboxylic acids is 2. The molecule has 2 saturated heterocycles. The number of amides is 3. The average Bonchev–Trinajstić information content (AvgIpc) is 2.64. The molecule has 5 heteroatoms. The smallest absolute Gasteiger partial charge is 0.324 e. The highest BCUT2D eigenvalue weighted by Crippen LogP contribution is 2.15. The number of carbonyl (C=O) groups is 2. The SMILES string of the molecule is C[C@@H]1CCCN(CC(=O)N2CCNC2=O)C1. The quantitative estimate of drug-likeness (QED) is 0.734. The first-order valence-corrected chi connectivity index (χ1v) is 5.97. The van der Waals surface area contributed by atoms with Gasteiger partial charge in [0.25, 0.3) is 0 Å². The summed E-state index contributed by atoms with van der Waals surface area (Å²) in [7, 11) is 0. The number of likely N-dealkylation sites (tertiary alicyclic amines) is 1. The fourth-order valence-corrected chi connectivity index (χ4v) is 2.42. The summed E-state index contributed by atoms with van der Waals surface area (Å²) in [6, 6.07) is -0.241. The third kappa shape index (κ3) is 2.52. The lowest BCUT2D eigenvalue weighted by Crippen LogP contribution is -2.44. The molecule has 2 heterocycles. The number of nitrogens with one attached hydrogen (secondary N) is 1. The minimum absolute atomic E-state index is 0.0656. The molecule has 0 unspecified atom stereocenters. The van der Waals surface area contributed by atoms with Gasteiger partial charge in [-0.1, -0.05) is 6.92 Å². The zero-order chi connectivity index (χ0) is 11.5. The van der Waals surface area contributed by atoms with Gasteiger partial charge in [0.05, 0.1) is 6.54 Å². The van der Waals surface area contributed by atoms with Crippen LogP contribution in [0.15, 0.2) is 0 Å². The van der Waals surface area contributed by atoms with E-state index in [4.69, 9.17) is 0 Å². The molecule has 2 fully saturated rings. The largest absolute Gasteiger partial charge is 0.336 e. The van der Waals surface area contributed by atoms with Gasteiger partial charge in [0.2, 0.25) is 5.91 Å². The second-order valence-electron chi connectivity index (χ2n) is 4.76. The Hall–Kier alpha value is -1.10. The van der Waals surface area contributed by atoms with Crippen molar-refractivity contribution in [1.82, 2.24) is 15.1 Å². The fraction of sp³-hybridized carbons (Fsp3) is 0.818. The lowest BCUT2D eigenvalue weighted by atomic mass is 10.0. The number of hydrogen-bond donors (Lipinski definition) is 1. The third-order valence-electron chi connectivity index (χ3n) is 3.26. The standard InChI is InChI=1S/C11H19N3O2/c1-9-3-2-5-13(7-9)8-10(15)14-6-4-12-11(14)16/h9H,2-8H2,1H3,(H,12,16)/t9-/m1/s1. The number of hydrogen-bond acceptors (Lipinski definition) is 3. The maximum Gasteiger partial charge on any atom is 0.324 e. The summed E-state index contributed by atoms with van der Waals surface area (Å²) in [5.41, 5.74) is 0. The Morgan fingerprint density at radius 2 is 2.31 bits per heavy atom. The van der Waals surface area contributed by atoms with E-state index in [0.717, 1.165) is 19.5 Å². The predicted molar refractivity (Wildman–Crippen MR) is 59.9 cm³/mol. The molecule has 3 amide bonds. The average molecular weight is 225 g/mol. The van der Waals surface area contributed by atoms with Crippen LogP contribution in [0.1, 0.15) is 19.8 Å². The molecule has 2 rings (SSSR count). The van der Waals surface area contributed by atoms with E-state index < -0.39 is 0 Å². The number of piperidine rings is 1. The van der Waals surface area contributed by atoms with Crippen LogP contribution >= 0.6 is 0 Å². The van der Waals surface area contributed by atoms with Crippen LogP contribution in [0.5, 0.6) is 0 Å². The Morgan fingerprint density at radius 3 is 2.94 bits per heavy atom. The van der Waals surface area contributed by atoms with Crippen molar-refractivity contribution in [2.75, 3.05) is 32.7 Å². The summed E-state index contributed by atoms with van der Waals surface area (Å²) in [5.74, 6) is 0.595. The molecule has 0 aromatic rings. The first kappa shape index (κ1) is 11.4. The molecular weight excluding hydrogens is 206 g/mol. The predicted octanol–water partition coefficient (Wildman–Crippen LogP) is 0.270. The van der Waals surface area contributed by atoms with E-state index >= 15 is 0 Å². The Balaban J connectivity index is 1.84. The maximum absolute atomic E-state index is 11.9. The van der Waals surface area contributed by atoms with Gasteiger partial charge in [0.1, 0.15) is 0 Å². The van der Waals surface area contributed by atoms with Crippen LogP contribution < -0.4 is 5.32 Å². The molecule has 0 saturated carbocycles. The minimum Gasteiger partial charge on any atom is -0.336 e. The Morgan fingerprint density at radius 1 is 1.50 bits per heavy atom. The van der Waals surface area contributed by atoms with Crippen molar-refractivity contribution in [3.63, 3.8) is 0 Å². The normalized spacial score (nSPS) is 26.9. The minimum atomic E-state index is -0.241. The van der Waals surface area contributed by atoms with Crippen molar-refractivity contribution in [1.29, 1.82) is 0 Å². The van der Waals surface area contributed by atoms with E-state index in [1.54, 1.807) is 0 Å². The Labute approximate surface area is 95.8 Å². The van der Waals surface area contributed by atoms with E-state index in [1.807, 2.05) is 0 Å². The number of urea groups is 1. The first-order chi connectivity index (χ1) is 7.66. The summed E-state index contributed by atoms with van der Waals surface area (Å²) in [6.07, 6.45) is 2.40. The molecule has 0 aliphatic carbocycles. The summed E-state index contributed by atoms with van der Waals surface area (Å²) in [6.45, 7) is 5.64. The highest BCUT2D eigenvalue weighted by molar-refractivity contribution is 5.96. The van der Waals surface area contributed by atoms with Gasteiger partial charge in [0.15, 0.2) is 0 Å². The highest BCUT2D eigenvalue weighted by atomic mass is 16.2. The topological polar surface area (TPSA) is 52.7 Å². The molecule has 2 aliphatic rings. The van der Waals surface area contributed by atoms with Gasteiger partial charge in [0, 0.05) is 19.6 Å². The Kier molecular flexibility index (Phi) is 3.43. The van der Waals surface area contributed by atoms with E-state index in [1.165, 1.54) is 11.3 Å². The summed E-state index contributed by atoms with van der Waals surface area (Å²) < 4.78 is 0. The van der Waals surface area contributed by atoms with Crippen LogP contribution in [-0.4, -0.2) is 54.5 Å². The Bertz CT molecular complexity index is 293. The molecule has 90 valence electrons. The monoisotopic (exact) mass is 225 g/mol. The molecule has 2 aliphatic heterocycles. The van der Waals surface area contributed by atoms with Crippen molar-refractivity contribution in [3.05, 3.63) is 0 Å². The fourth-order valence-electron chi connectivity index (χ4n) is 2.42. The molecule has 16 heavy (non-hydrogen) atoms. The van der Waals surface area contributed by atoms with Crippen LogP contribution in [0.2, 0.25) is 0 Å². The van der Waals surface area contributed by atoms with Gasteiger partial charge in [-0.25, -0.2) is 4.79 Å². The molecule has 0 spiro atoms. The van der Waals surface area contributed by atoms with E-state index in [-0.39, 0.29) is 11.9 Å². The summed E-state index contributed by atoms with van der Waals surface area (Å²) in [4.78, 5) is 26.6. The summed E-state index contributed by atoms with van der Waals surface area (Å²) in [5, 5.41) is 2.64.